The molecule has 1 aromatic heterocycles. The maximum absolute atomic E-state index is 13.8. The lowest BCUT2D eigenvalue weighted by Crippen LogP contribution is -2.21. The van der Waals surface area contributed by atoms with Gasteiger partial charge in [-0.3, -0.25) is 9.78 Å². The lowest BCUT2D eigenvalue weighted by atomic mass is 10.0. The Morgan fingerprint density at radius 2 is 2.15 bits per heavy atom. The van der Waals surface area contributed by atoms with Crippen molar-refractivity contribution in [1.82, 2.24) is 4.98 Å². The first-order chi connectivity index (χ1) is 9.65. The van der Waals surface area contributed by atoms with Crippen molar-refractivity contribution in [3.05, 3.63) is 58.9 Å². The molecule has 1 aliphatic rings. The average molecular weight is 290 g/mol. The summed E-state index contributed by atoms with van der Waals surface area (Å²) in [6.07, 6.45) is 1.21. The Labute approximate surface area is 119 Å². The molecular weight excluding hydrogens is 281 g/mol. The van der Waals surface area contributed by atoms with Gasteiger partial charge in [-0.1, -0.05) is 11.6 Å². The molecule has 3 rings (SSSR count). The van der Waals surface area contributed by atoms with Gasteiger partial charge in [0.15, 0.2) is 0 Å². The van der Waals surface area contributed by atoms with Crippen LogP contribution in [0, 0.1) is 0 Å². The highest BCUT2D eigenvalue weighted by Crippen LogP contribution is 2.27. The topological polar surface area (TPSA) is 54.4 Å². The Kier molecular flexibility index (Phi) is 3.20. The van der Waals surface area contributed by atoms with Crippen molar-refractivity contribution >= 4 is 28.9 Å². The SMILES string of the molecule is O=C1Nc2ccc(Cl)cc2C(c2cccnc2)=NC1F. The summed E-state index contributed by atoms with van der Waals surface area (Å²) >= 11 is 5.98. The van der Waals surface area contributed by atoms with Crippen LogP contribution < -0.4 is 5.32 Å². The Morgan fingerprint density at radius 3 is 2.90 bits per heavy atom. The summed E-state index contributed by atoms with van der Waals surface area (Å²) in [4.78, 5) is 19.4. The predicted octanol–water partition coefficient (Wildman–Crippen LogP) is 2.82. The maximum Gasteiger partial charge on any atom is 0.281 e. The Balaban J connectivity index is 2.23. The number of halogens is 2. The molecule has 0 saturated carbocycles. The van der Waals surface area contributed by atoms with E-state index in [-0.39, 0.29) is 0 Å². The summed E-state index contributed by atoms with van der Waals surface area (Å²) in [5, 5.41) is 2.97. The molecule has 1 atom stereocenters. The number of benzodiazepines with no additional fused rings is 1. The molecule has 100 valence electrons. The number of amides is 1. The number of hydrogen-bond donors (Lipinski definition) is 1. The molecule has 6 heteroatoms. The van der Waals surface area contributed by atoms with Gasteiger partial charge in [-0.15, -0.1) is 0 Å². The van der Waals surface area contributed by atoms with Crippen LogP contribution in [0.1, 0.15) is 11.1 Å². The number of aliphatic imine (C=N–C) groups is 1. The monoisotopic (exact) mass is 289 g/mol. The molecule has 1 aromatic carbocycles. The number of anilines is 1. The molecule has 1 amide bonds. The zero-order valence-electron chi connectivity index (χ0n) is 10.2. The highest BCUT2D eigenvalue weighted by Gasteiger charge is 2.25. The largest absolute Gasteiger partial charge is 0.321 e. The summed E-state index contributed by atoms with van der Waals surface area (Å²) in [5.41, 5.74) is 2.01. The smallest absolute Gasteiger partial charge is 0.281 e. The van der Waals surface area contributed by atoms with Gasteiger partial charge < -0.3 is 5.32 Å². The van der Waals surface area contributed by atoms with E-state index in [9.17, 15) is 9.18 Å². The van der Waals surface area contributed by atoms with Crippen molar-refractivity contribution in [1.29, 1.82) is 0 Å². The number of rotatable bonds is 1. The van der Waals surface area contributed by atoms with E-state index in [1.165, 1.54) is 0 Å². The van der Waals surface area contributed by atoms with Crippen LogP contribution in [0.2, 0.25) is 5.02 Å². The van der Waals surface area contributed by atoms with Gasteiger partial charge >= 0.3 is 0 Å². The van der Waals surface area contributed by atoms with Crippen molar-refractivity contribution in [3.8, 4) is 0 Å². The molecule has 2 aromatic rings. The first kappa shape index (κ1) is 12.7. The molecule has 4 nitrogen and oxygen atoms in total. The molecule has 0 spiro atoms. The molecule has 2 heterocycles. The third-order valence-electron chi connectivity index (χ3n) is 2.89. The fourth-order valence-electron chi connectivity index (χ4n) is 1.99. The zero-order valence-corrected chi connectivity index (χ0v) is 10.9. The standard InChI is InChI=1S/C14H9ClFN3O/c15-9-3-4-11-10(6-9)12(8-2-1-5-17-7-8)19-13(16)14(20)18-11/h1-7,13H,(H,18,20). The number of benzene rings is 1. The number of hydrogen-bond acceptors (Lipinski definition) is 3. The minimum Gasteiger partial charge on any atom is -0.321 e. The first-order valence-corrected chi connectivity index (χ1v) is 6.26. The molecule has 0 radical (unpaired) electrons. The summed E-state index contributed by atoms with van der Waals surface area (Å²) in [7, 11) is 0. The molecule has 0 saturated heterocycles. The normalized spacial score (nSPS) is 17.8. The lowest BCUT2D eigenvalue weighted by molar-refractivity contribution is -0.120. The van der Waals surface area contributed by atoms with Gasteiger partial charge in [0.05, 0.1) is 11.4 Å². The van der Waals surface area contributed by atoms with Crippen LogP contribution in [0.25, 0.3) is 0 Å². The van der Waals surface area contributed by atoms with Crippen molar-refractivity contribution < 1.29 is 9.18 Å². The molecule has 1 aliphatic heterocycles. The van der Waals surface area contributed by atoms with Crippen molar-refractivity contribution in [2.24, 2.45) is 4.99 Å². The molecule has 0 aliphatic carbocycles. The van der Waals surface area contributed by atoms with E-state index >= 15 is 0 Å². The summed E-state index contributed by atoms with van der Waals surface area (Å²) in [6.45, 7) is 0. The van der Waals surface area contributed by atoms with Crippen LogP contribution >= 0.6 is 11.6 Å². The second-order valence-electron chi connectivity index (χ2n) is 4.23. The summed E-state index contributed by atoms with van der Waals surface area (Å²) < 4.78 is 13.8. The second kappa shape index (κ2) is 5.02. The number of aromatic nitrogens is 1. The Morgan fingerprint density at radius 1 is 1.30 bits per heavy atom. The minimum absolute atomic E-state index is 0.349. The molecule has 1 N–H and O–H groups in total. The van der Waals surface area contributed by atoms with E-state index < -0.39 is 12.2 Å². The number of nitrogens with zero attached hydrogens (tertiary/aromatic N) is 2. The van der Waals surface area contributed by atoms with Crippen LogP contribution in [-0.2, 0) is 4.79 Å². The summed E-state index contributed by atoms with van der Waals surface area (Å²) in [6, 6.07) is 8.36. The highest BCUT2D eigenvalue weighted by atomic mass is 35.5. The second-order valence-corrected chi connectivity index (χ2v) is 4.67. The number of pyridine rings is 1. The Bertz CT molecular complexity index is 703. The average Bonchev–Trinajstić information content (AvgIpc) is 2.58. The molecule has 1 unspecified atom stereocenters. The van der Waals surface area contributed by atoms with Gasteiger partial charge in [0, 0.05) is 28.5 Å². The van der Waals surface area contributed by atoms with E-state index in [2.05, 4.69) is 15.3 Å². The van der Waals surface area contributed by atoms with Crippen LogP contribution in [0.15, 0.2) is 47.7 Å². The van der Waals surface area contributed by atoms with Crippen molar-refractivity contribution in [2.45, 2.75) is 6.30 Å². The fourth-order valence-corrected chi connectivity index (χ4v) is 2.16. The van der Waals surface area contributed by atoms with Gasteiger partial charge in [-0.25, -0.2) is 9.38 Å². The Hall–Kier alpha value is -2.27. The zero-order chi connectivity index (χ0) is 14.1. The quantitative estimate of drug-likeness (QED) is 0.821. The molecule has 0 bridgehead atoms. The number of alkyl halides is 1. The fraction of sp³-hybridized carbons (Fsp3) is 0.0714. The van der Waals surface area contributed by atoms with Crippen LogP contribution in [0.5, 0.6) is 0 Å². The van der Waals surface area contributed by atoms with Crippen LogP contribution in [0.4, 0.5) is 10.1 Å². The van der Waals surface area contributed by atoms with Gasteiger partial charge in [0.2, 0.25) is 0 Å². The van der Waals surface area contributed by atoms with Crippen molar-refractivity contribution in [2.75, 3.05) is 5.32 Å². The van der Waals surface area contributed by atoms with Crippen LogP contribution in [-0.4, -0.2) is 22.9 Å². The van der Waals surface area contributed by atoms with Gasteiger partial charge in [-0.05, 0) is 30.3 Å². The highest BCUT2D eigenvalue weighted by molar-refractivity contribution is 6.32. The number of nitrogens with one attached hydrogen (secondary N) is 1. The minimum atomic E-state index is -1.96. The van der Waals surface area contributed by atoms with Gasteiger partial charge in [0.25, 0.3) is 12.2 Å². The van der Waals surface area contributed by atoms with E-state index in [1.54, 1.807) is 42.7 Å². The lowest BCUT2D eigenvalue weighted by Gasteiger charge is -2.09. The van der Waals surface area contributed by atoms with E-state index in [4.69, 9.17) is 11.6 Å². The van der Waals surface area contributed by atoms with E-state index in [0.717, 1.165) is 0 Å². The molecule has 0 fully saturated rings. The van der Waals surface area contributed by atoms with Crippen LogP contribution in [0.3, 0.4) is 0 Å². The molecular formula is C14H9ClFN3O. The van der Waals surface area contributed by atoms with E-state index in [0.29, 0.717) is 27.5 Å². The first-order valence-electron chi connectivity index (χ1n) is 5.88. The van der Waals surface area contributed by atoms with Gasteiger partial charge in [0.1, 0.15) is 0 Å². The molecule has 20 heavy (non-hydrogen) atoms. The number of carbonyl (C=O) groups excluding carboxylic acids is 1. The number of carbonyl (C=O) groups is 1. The number of fused-ring (bicyclic) bond motifs is 1. The van der Waals surface area contributed by atoms with Crippen molar-refractivity contribution in [3.63, 3.8) is 0 Å². The maximum atomic E-state index is 13.8. The van der Waals surface area contributed by atoms with Gasteiger partial charge in [-0.2, -0.15) is 0 Å². The predicted molar refractivity (Wildman–Crippen MR) is 74.9 cm³/mol. The third kappa shape index (κ3) is 2.28. The van der Waals surface area contributed by atoms with E-state index in [1.807, 2.05) is 0 Å². The third-order valence-corrected chi connectivity index (χ3v) is 3.12. The summed E-state index contributed by atoms with van der Waals surface area (Å²) in [5.74, 6) is -0.799.